The number of pyridine rings is 1. The second-order valence-electron chi connectivity index (χ2n) is 8.47. The zero-order chi connectivity index (χ0) is 19.6. The van der Waals surface area contributed by atoms with Crippen LogP contribution in [0.15, 0.2) is 18.3 Å². The third-order valence-electron chi connectivity index (χ3n) is 5.05. The highest BCUT2D eigenvalue weighted by Crippen LogP contribution is 2.21. The monoisotopic (exact) mass is 373 g/mol. The molecular weight excluding hydrogens is 342 g/mol. The summed E-state index contributed by atoms with van der Waals surface area (Å²) in [7, 11) is 0. The van der Waals surface area contributed by atoms with E-state index in [1.165, 1.54) is 5.69 Å². The summed E-state index contributed by atoms with van der Waals surface area (Å²) in [6.07, 6.45) is 3.76. The Bertz CT molecular complexity index is 799. The molecule has 1 fully saturated rings. The van der Waals surface area contributed by atoms with E-state index in [-0.39, 0.29) is 6.09 Å². The molecule has 6 nitrogen and oxygen atoms in total. The van der Waals surface area contributed by atoms with Crippen molar-refractivity contribution in [3.8, 4) is 0 Å². The van der Waals surface area contributed by atoms with E-state index in [1.807, 2.05) is 27.7 Å². The third kappa shape index (κ3) is 5.01. The standard InChI is InChI=1S/C21H31N3O3/c1-15-16(2)24-11-8-18(12-19(24)22-15)14-26-13-17-6-9-23(10-7-17)20(25)27-21(3,4)5/h8,11-12,17H,6-7,9-10,13-14H2,1-5H3. The van der Waals surface area contributed by atoms with Crippen molar-refractivity contribution in [2.45, 2.75) is 59.7 Å². The van der Waals surface area contributed by atoms with E-state index in [0.29, 0.717) is 12.5 Å². The summed E-state index contributed by atoms with van der Waals surface area (Å²) in [5.41, 5.74) is 3.90. The number of amides is 1. The normalized spacial score (nSPS) is 16.1. The van der Waals surface area contributed by atoms with Crippen LogP contribution in [0, 0.1) is 19.8 Å². The van der Waals surface area contributed by atoms with E-state index in [1.54, 1.807) is 4.90 Å². The maximum absolute atomic E-state index is 12.1. The average Bonchev–Trinajstić information content (AvgIpc) is 2.88. The van der Waals surface area contributed by atoms with Gasteiger partial charge in [0.25, 0.3) is 0 Å². The third-order valence-corrected chi connectivity index (χ3v) is 5.05. The van der Waals surface area contributed by atoms with Crippen LogP contribution in [0.5, 0.6) is 0 Å². The van der Waals surface area contributed by atoms with Gasteiger partial charge in [-0.2, -0.15) is 0 Å². The number of imidazole rings is 1. The fraction of sp³-hybridized carbons (Fsp3) is 0.619. The predicted molar refractivity (Wildman–Crippen MR) is 105 cm³/mol. The lowest BCUT2D eigenvalue weighted by atomic mass is 9.98. The van der Waals surface area contributed by atoms with Crippen molar-refractivity contribution in [2.24, 2.45) is 5.92 Å². The highest BCUT2D eigenvalue weighted by atomic mass is 16.6. The number of aromatic nitrogens is 2. The van der Waals surface area contributed by atoms with E-state index in [4.69, 9.17) is 9.47 Å². The number of hydrogen-bond donors (Lipinski definition) is 0. The molecule has 0 N–H and O–H groups in total. The Morgan fingerprint density at radius 1 is 1.26 bits per heavy atom. The van der Waals surface area contributed by atoms with E-state index in [0.717, 1.165) is 49.4 Å². The fourth-order valence-electron chi connectivity index (χ4n) is 3.37. The van der Waals surface area contributed by atoms with Crippen LogP contribution >= 0.6 is 0 Å². The van der Waals surface area contributed by atoms with E-state index >= 15 is 0 Å². The molecule has 0 saturated carbocycles. The zero-order valence-electron chi connectivity index (χ0n) is 17.1. The van der Waals surface area contributed by atoms with E-state index in [2.05, 4.69) is 34.6 Å². The number of nitrogens with zero attached hydrogens (tertiary/aromatic N) is 3. The molecule has 1 amide bonds. The fourth-order valence-corrected chi connectivity index (χ4v) is 3.37. The molecule has 0 unspecified atom stereocenters. The molecule has 0 spiro atoms. The number of likely N-dealkylation sites (tertiary alicyclic amines) is 1. The first-order chi connectivity index (χ1) is 12.7. The Kier molecular flexibility index (Phi) is 5.75. The second-order valence-corrected chi connectivity index (χ2v) is 8.47. The van der Waals surface area contributed by atoms with Crippen molar-refractivity contribution in [3.63, 3.8) is 0 Å². The number of carbonyl (C=O) groups is 1. The minimum Gasteiger partial charge on any atom is -0.444 e. The smallest absolute Gasteiger partial charge is 0.410 e. The molecule has 6 heteroatoms. The summed E-state index contributed by atoms with van der Waals surface area (Å²) in [4.78, 5) is 18.5. The van der Waals surface area contributed by atoms with Gasteiger partial charge in [0.1, 0.15) is 11.2 Å². The molecule has 0 aromatic carbocycles. The summed E-state index contributed by atoms with van der Waals surface area (Å²) in [6, 6.07) is 4.18. The van der Waals surface area contributed by atoms with E-state index < -0.39 is 5.60 Å². The number of aryl methyl sites for hydroxylation is 2. The van der Waals surface area contributed by atoms with E-state index in [9.17, 15) is 4.79 Å². The van der Waals surface area contributed by atoms with Gasteiger partial charge in [-0.25, -0.2) is 9.78 Å². The number of rotatable bonds is 4. The molecule has 3 heterocycles. The molecule has 3 rings (SSSR count). The lowest BCUT2D eigenvalue weighted by Crippen LogP contribution is -2.42. The van der Waals surface area contributed by atoms with Crippen LogP contribution in [0.3, 0.4) is 0 Å². The Labute approximate surface area is 161 Å². The molecule has 1 aliphatic rings. The predicted octanol–water partition coefficient (Wildman–Crippen LogP) is 4.11. The molecule has 2 aromatic rings. The van der Waals surface area contributed by atoms with Crippen LogP contribution in [-0.2, 0) is 16.1 Å². The van der Waals surface area contributed by atoms with Crippen LogP contribution in [-0.4, -0.2) is 45.7 Å². The first-order valence-corrected chi connectivity index (χ1v) is 9.73. The molecule has 0 aliphatic carbocycles. The number of piperidine rings is 1. The van der Waals surface area contributed by atoms with Crippen molar-refractivity contribution in [2.75, 3.05) is 19.7 Å². The van der Waals surface area contributed by atoms with Gasteiger partial charge in [0.15, 0.2) is 0 Å². The average molecular weight is 373 g/mol. The first kappa shape index (κ1) is 19.7. The van der Waals surface area contributed by atoms with Gasteiger partial charge in [0.05, 0.1) is 12.3 Å². The molecule has 27 heavy (non-hydrogen) atoms. The topological polar surface area (TPSA) is 56.1 Å². The largest absolute Gasteiger partial charge is 0.444 e. The summed E-state index contributed by atoms with van der Waals surface area (Å²) in [6.45, 7) is 12.6. The van der Waals surface area contributed by atoms with Gasteiger partial charge in [-0.15, -0.1) is 0 Å². The minimum absolute atomic E-state index is 0.208. The molecule has 0 atom stereocenters. The lowest BCUT2D eigenvalue weighted by Gasteiger charge is -2.33. The SMILES string of the molecule is Cc1nc2cc(COCC3CCN(C(=O)OC(C)(C)C)CC3)ccn2c1C. The summed E-state index contributed by atoms with van der Waals surface area (Å²) >= 11 is 0. The quantitative estimate of drug-likeness (QED) is 0.809. The number of hydrogen-bond acceptors (Lipinski definition) is 4. The second kappa shape index (κ2) is 7.89. The van der Waals surface area contributed by atoms with Crippen molar-refractivity contribution >= 4 is 11.7 Å². The van der Waals surface area contributed by atoms with Gasteiger partial charge < -0.3 is 18.8 Å². The van der Waals surface area contributed by atoms with Crippen LogP contribution in [0.1, 0.15) is 50.6 Å². The van der Waals surface area contributed by atoms with Crippen molar-refractivity contribution in [1.29, 1.82) is 0 Å². The number of fused-ring (bicyclic) bond motifs is 1. The first-order valence-electron chi connectivity index (χ1n) is 9.73. The molecule has 0 bridgehead atoms. The maximum Gasteiger partial charge on any atom is 0.410 e. The van der Waals surface area contributed by atoms with Gasteiger partial charge in [0, 0.05) is 31.6 Å². The Morgan fingerprint density at radius 2 is 1.96 bits per heavy atom. The van der Waals surface area contributed by atoms with Crippen LogP contribution in [0.25, 0.3) is 5.65 Å². The Balaban J connectivity index is 1.43. The number of ether oxygens (including phenoxy) is 2. The highest BCUT2D eigenvalue weighted by Gasteiger charge is 2.26. The molecular formula is C21H31N3O3. The van der Waals surface area contributed by atoms with Crippen LogP contribution in [0.2, 0.25) is 0 Å². The van der Waals surface area contributed by atoms with Crippen molar-refractivity contribution < 1.29 is 14.3 Å². The van der Waals surface area contributed by atoms with Crippen molar-refractivity contribution in [3.05, 3.63) is 35.3 Å². The van der Waals surface area contributed by atoms with Gasteiger partial charge in [-0.1, -0.05) is 0 Å². The van der Waals surface area contributed by atoms with Crippen LogP contribution < -0.4 is 0 Å². The van der Waals surface area contributed by atoms with Gasteiger partial charge in [0.2, 0.25) is 0 Å². The zero-order valence-corrected chi connectivity index (χ0v) is 17.1. The van der Waals surface area contributed by atoms with Crippen molar-refractivity contribution in [1.82, 2.24) is 14.3 Å². The molecule has 1 aliphatic heterocycles. The lowest BCUT2D eigenvalue weighted by molar-refractivity contribution is 0.0105. The van der Waals surface area contributed by atoms with Gasteiger partial charge in [-0.05, 0) is 71.1 Å². The number of carbonyl (C=O) groups excluding carboxylic acids is 1. The van der Waals surface area contributed by atoms with Gasteiger partial charge >= 0.3 is 6.09 Å². The summed E-state index contributed by atoms with van der Waals surface area (Å²) < 4.78 is 13.5. The molecule has 148 valence electrons. The molecule has 1 saturated heterocycles. The summed E-state index contributed by atoms with van der Waals surface area (Å²) in [5, 5.41) is 0. The van der Waals surface area contributed by atoms with Gasteiger partial charge in [-0.3, -0.25) is 0 Å². The maximum atomic E-state index is 12.1. The molecule has 2 aromatic heterocycles. The minimum atomic E-state index is -0.440. The molecule has 0 radical (unpaired) electrons. The summed E-state index contributed by atoms with van der Waals surface area (Å²) in [5.74, 6) is 0.489. The highest BCUT2D eigenvalue weighted by molar-refractivity contribution is 5.68. The Hall–Kier alpha value is -2.08. The Morgan fingerprint density at radius 3 is 2.63 bits per heavy atom. The van der Waals surface area contributed by atoms with Crippen LogP contribution in [0.4, 0.5) is 4.79 Å².